The van der Waals surface area contributed by atoms with Gasteiger partial charge in [0.25, 0.3) is 5.91 Å². The lowest BCUT2D eigenvalue weighted by Gasteiger charge is -2.37. The molecule has 6 nitrogen and oxygen atoms in total. The average molecular weight is 502 g/mol. The lowest BCUT2D eigenvalue weighted by Crippen LogP contribution is -2.42. The first kappa shape index (κ1) is 24.0. The van der Waals surface area contributed by atoms with Crippen molar-refractivity contribution in [1.29, 1.82) is 0 Å². The Morgan fingerprint density at radius 2 is 1.50 bits per heavy atom. The van der Waals surface area contributed by atoms with Crippen molar-refractivity contribution >= 4 is 29.1 Å². The molecule has 0 spiro atoms. The summed E-state index contributed by atoms with van der Waals surface area (Å²) in [5.41, 5.74) is 2.45. The first-order valence-corrected chi connectivity index (χ1v) is 11.5. The van der Waals surface area contributed by atoms with Gasteiger partial charge in [0.2, 0.25) is 0 Å². The highest BCUT2D eigenvalue weighted by Crippen LogP contribution is 2.39. The second-order valence-corrected chi connectivity index (χ2v) is 8.69. The van der Waals surface area contributed by atoms with Gasteiger partial charge in [-0.2, -0.15) is 0 Å². The van der Waals surface area contributed by atoms with Gasteiger partial charge in [0, 0.05) is 22.2 Å². The molecule has 0 radical (unpaired) electrons. The van der Waals surface area contributed by atoms with Crippen LogP contribution in [-0.4, -0.2) is 45.3 Å². The summed E-state index contributed by atoms with van der Waals surface area (Å²) in [4.78, 5) is 15.4. The minimum Gasteiger partial charge on any atom is -0.497 e. The lowest BCUT2D eigenvalue weighted by atomic mass is 9.91. The van der Waals surface area contributed by atoms with Crippen LogP contribution in [0.4, 0.5) is 0 Å². The molecule has 3 aromatic carbocycles. The van der Waals surface area contributed by atoms with Crippen molar-refractivity contribution in [3.63, 3.8) is 0 Å². The summed E-state index contributed by atoms with van der Waals surface area (Å²) in [6.45, 7) is 0.747. The molecule has 0 bridgehead atoms. The number of nitrogens with zero attached hydrogens (tertiary/aromatic N) is 1. The number of hydrogen-bond donors (Lipinski definition) is 0. The zero-order valence-corrected chi connectivity index (χ0v) is 20.7. The fraction of sp³-hybridized carbons (Fsp3) is 0.269. The van der Waals surface area contributed by atoms with E-state index in [0.29, 0.717) is 45.8 Å². The quantitative estimate of drug-likeness (QED) is 0.407. The van der Waals surface area contributed by atoms with Crippen LogP contribution in [0, 0.1) is 0 Å². The van der Waals surface area contributed by atoms with Crippen molar-refractivity contribution in [2.45, 2.75) is 12.5 Å². The minimum absolute atomic E-state index is 0.173. The molecule has 1 atom stereocenters. The monoisotopic (exact) mass is 501 g/mol. The minimum atomic E-state index is -0.365. The zero-order valence-electron chi connectivity index (χ0n) is 19.1. The highest BCUT2D eigenvalue weighted by Gasteiger charge is 2.33. The normalized spacial score (nSPS) is 14.9. The molecule has 0 saturated carbocycles. The number of halogens is 2. The predicted octanol–water partition coefficient (Wildman–Crippen LogP) is 5.84. The topological polar surface area (TPSA) is 57.2 Å². The summed E-state index contributed by atoms with van der Waals surface area (Å²) in [5, 5.41) is 0.816. The number of amides is 1. The number of rotatable bonds is 7. The Hall–Kier alpha value is -3.09. The van der Waals surface area contributed by atoms with Gasteiger partial charge in [0.15, 0.2) is 11.5 Å². The van der Waals surface area contributed by atoms with Crippen LogP contribution in [-0.2, 0) is 6.42 Å². The Balaban J connectivity index is 1.70. The molecular weight excluding hydrogens is 477 g/mol. The maximum atomic E-state index is 13.6. The highest BCUT2D eigenvalue weighted by molar-refractivity contribution is 6.35. The Bertz CT molecular complexity index is 1160. The maximum absolute atomic E-state index is 13.6. The lowest BCUT2D eigenvalue weighted by molar-refractivity contribution is 0.0589. The molecule has 3 aromatic rings. The largest absolute Gasteiger partial charge is 0.497 e. The van der Waals surface area contributed by atoms with E-state index in [2.05, 4.69) is 0 Å². The van der Waals surface area contributed by atoms with Crippen molar-refractivity contribution in [2.75, 3.05) is 34.5 Å². The summed E-state index contributed by atoms with van der Waals surface area (Å²) in [7, 11) is 4.81. The van der Waals surface area contributed by atoms with E-state index in [-0.39, 0.29) is 18.6 Å². The number of fused-ring (bicyclic) bond motifs is 1. The molecule has 0 N–H and O–H groups in total. The highest BCUT2D eigenvalue weighted by atomic mass is 35.5. The van der Waals surface area contributed by atoms with Crippen LogP contribution in [0.3, 0.4) is 0 Å². The van der Waals surface area contributed by atoms with E-state index in [1.807, 2.05) is 36.4 Å². The Labute approximate surface area is 208 Å². The summed E-state index contributed by atoms with van der Waals surface area (Å²) < 4.78 is 22.4. The van der Waals surface area contributed by atoms with E-state index in [4.69, 9.17) is 42.1 Å². The Morgan fingerprint density at radius 1 is 0.882 bits per heavy atom. The number of ether oxygens (including phenoxy) is 4. The average Bonchev–Trinajstić information content (AvgIpc) is 2.85. The Morgan fingerprint density at radius 3 is 2.12 bits per heavy atom. The number of hydrogen-bond acceptors (Lipinski definition) is 5. The molecule has 0 aromatic heterocycles. The van der Waals surface area contributed by atoms with E-state index >= 15 is 0 Å². The molecule has 0 saturated heterocycles. The van der Waals surface area contributed by atoms with E-state index in [0.717, 1.165) is 16.9 Å². The SMILES string of the molecule is COc1ccc(OCC2c3cc(OC)c(OC)cc3CCN2C(=O)c2cc(Cl)cc(Cl)c2)cc1. The summed E-state index contributed by atoms with van der Waals surface area (Å²) >= 11 is 12.3. The van der Waals surface area contributed by atoms with Crippen LogP contribution in [0.15, 0.2) is 54.6 Å². The van der Waals surface area contributed by atoms with E-state index < -0.39 is 0 Å². The van der Waals surface area contributed by atoms with Crippen molar-refractivity contribution in [2.24, 2.45) is 0 Å². The van der Waals surface area contributed by atoms with Crippen LogP contribution in [0.5, 0.6) is 23.0 Å². The molecule has 178 valence electrons. The van der Waals surface area contributed by atoms with Crippen molar-refractivity contribution in [1.82, 2.24) is 4.90 Å². The number of methoxy groups -OCH3 is 3. The van der Waals surface area contributed by atoms with E-state index in [1.165, 1.54) is 0 Å². The molecule has 0 aliphatic carbocycles. The maximum Gasteiger partial charge on any atom is 0.254 e. The summed E-state index contributed by atoms with van der Waals surface area (Å²) in [5.74, 6) is 2.48. The molecule has 1 aliphatic heterocycles. The van der Waals surface area contributed by atoms with Crippen molar-refractivity contribution in [3.05, 3.63) is 81.3 Å². The molecular formula is C26H25Cl2NO5. The molecule has 1 unspecified atom stereocenters. The van der Waals surface area contributed by atoms with Crippen LogP contribution in [0.2, 0.25) is 10.0 Å². The van der Waals surface area contributed by atoms with Gasteiger partial charge in [-0.25, -0.2) is 0 Å². The van der Waals surface area contributed by atoms with Gasteiger partial charge in [-0.1, -0.05) is 23.2 Å². The predicted molar refractivity (Wildman–Crippen MR) is 132 cm³/mol. The van der Waals surface area contributed by atoms with E-state index in [1.54, 1.807) is 44.4 Å². The van der Waals surface area contributed by atoms with Gasteiger partial charge in [0.05, 0.1) is 27.4 Å². The molecule has 8 heteroatoms. The third kappa shape index (κ3) is 5.03. The summed E-state index contributed by atoms with van der Waals surface area (Å²) in [6, 6.07) is 15.7. The standard InChI is InChI=1S/C26H25Cl2NO5/c1-31-20-4-6-21(7-5-20)34-15-23-22-14-25(33-3)24(32-2)12-16(22)8-9-29(23)26(30)17-10-18(27)13-19(28)11-17/h4-7,10-14,23H,8-9,15H2,1-3H3. The van der Waals surface area contributed by atoms with E-state index in [9.17, 15) is 4.79 Å². The molecule has 34 heavy (non-hydrogen) atoms. The van der Waals surface area contributed by atoms with Crippen molar-refractivity contribution < 1.29 is 23.7 Å². The third-order valence-electron chi connectivity index (χ3n) is 5.84. The fourth-order valence-corrected chi connectivity index (χ4v) is 4.67. The van der Waals surface area contributed by atoms with Gasteiger partial charge in [-0.05, 0) is 72.1 Å². The van der Waals surface area contributed by atoms with Crippen LogP contribution in [0.25, 0.3) is 0 Å². The summed E-state index contributed by atoms with van der Waals surface area (Å²) in [6.07, 6.45) is 0.661. The van der Waals surface area contributed by atoms with Gasteiger partial charge < -0.3 is 23.8 Å². The Kier molecular flexibility index (Phi) is 7.39. The first-order valence-electron chi connectivity index (χ1n) is 10.7. The fourth-order valence-electron chi connectivity index (χ4n) is 4.14. The van der Waals surface area contributed by atoms with Crippen molar-refractivity contribution in [3.8, 4) is 23.0 Å². The van der Waals surface area contributed by atoms with Gasteiger partial charge in [0.1, 0.15) is 18.1 Å². The third-order valence-corrected chi connectivity index (χ3v) is 6.28. The van der Waals surface area contributed by atoms with Crippen LogP contribution >= 0.6 is 23.2 Å². The number of carbonyl (C=O) groups excluding carboxylic acids is 1. The smallest absolute Gasteiger partial charge is 0.254 e. The zero-order chi connectivity index (χ0) is 24.2. The second-order valence-electron chi connectivity index (χ2n) is 7.82. The number of carbonyl (C=O) groups is 1. The van der Waals surface area contributed by atoms with Crippen LogP contribution < -0.4 is 18.9 Å². The van der Waals surface area contributed by atoms with Gasteiger partial charge in [-0.15, -0.1) is 0 Å². The van der Waals surface area contributed by atoms with Gasteiger partial charge >= 0.3 is 0 Å². The first-order chi connectivity index (χ1) is 16.4. The molecule has 0 fully saturated rings. The molecule has 1 amide bonds. The molecule has 1 aliphatic rings. The van der Waals surface area contributed by atoms with Gasteiger partial charge in [-0.3, -0.25) is 4.79 Å². The molecule has 1 heterocycles. The number of benzene rings is 3. The van der Waals surface area contributed by atoms with Crippen LogP contribution in [0.1, 0.15) is 27.5 Å². The second kappa shape index (κ2) is 10.5. The molecule has 4 rings (SSSR count).